The summed E-state index contributed by atoms with van der Waals surface area (Å²) in [6.45, 7) is 1.27. The van der Waals surface area contributed by atoms with Crippen molar-refractivity contribution in [2.24, 2.45) is 5.92 Å². The summed E-state index contributed by atoms with van der Waals surface area (Å²) in [4.78, 5) is 11.8. The molecule has 0 aliphatic heterocycles. The van der Waals surface area contributed by atoms with Gasteiger partial charge in [-0.2, -0.15) is 0 Å². The molecule has 23 heavy (non-hydrogen) atoms. The molecule has 0 unspecified atom stereocenters. The zero-order valence-electron chi connectivity index (χ0n) is 13.1. The van der Waals surface area contributed by atoms with E-state index in [9.17, 15) is 13.2 Å². The monoisotopic (exact) mass is 362 g/mol. The average molecular weight is 363 g/mol. The van der Waals surface area contributed by atoms with Crippen LogP contribution in [0, 0.1) is 5.92 Å². The van der Waals surface area contributed by atoms with Gasteiger partial charge in [0.1, 0.15) is 12.4 Å². The van der Waals surface area contributed by atoms with E-state index in [1.165, 1.54) is 19.1 Å². The smallest absolute Gasteiger partial charge is 0.238 e. The molecule has 1 amide bonds. The second-order valence-electron chi connectivity index (χ2n) is 5.63. The fourth-order valence-corrected chi connectivity index (χ4v) is 2.28. The Labute approximate surface area is 143 Å². The molecule has 0 saturated heterocycles. The highest BCUT2D eigenvalue weighted by Gasteiger charge is 2.20. The van der Waals surface area contributed by atoms with Gasteiger partial charge in [0.25, 0.3) is 0 Å². The SMILES string of the molecule is CS(=O)(=O)CCOc1cccc(NC(=O)CNCC2CC2)c1.Cl. The Morgan fingerprint density at radius 2 is 2.09 bits per heavy atom. The van der Waals surface area contributed by atoms with Gasteiger partial charge in [-0.15, -0.1) is 12.4 Å². The maximum atomic E-state index is 11.8. The van der Waals surface area contributed by atoms with E-state index < -0.39 is 9.84 Å². The molecule has 1 fully saturated rings. The number of halogens is 1. The highest BCUT2D eigenvalue weighted by Crippen LogP contribution is 2.27. The number of hydrogen-bond acceptors (Lipinski definition) is 5. The quantitative estimate of drug-likeness (QED) is 0.695. The highest BCUT2D eigenvalue weighted by molar-refractivity contribution is 7.90. The first-order chi connectivity index (χ1) is 10.4. The van der Waals surface area contributed by atoms with Crippen molar-refractivity contribution in [1.82, 2.24) is 5.32 Å². The Kier molecular flexibility index (Phi) is 7.81. The molecule has 1 aromatic carbocycles. The predicted molar refractivity (Wildman–Crippen MR) is 93.1 cm³/mol. The summed E-state index contributed by atoms with van der Waals surface area (Å²) in [5.41, 5.74) is 0.634. The van der Waals surface area contributed by atoms with Gasteiger partial charge in [-0.3, -0.25) is 4.79 Å². The van der Waals surface area contributed by atoms with Crippen LogP contribution in [0.3, 0.4) is 0 Å². The van der Waals surface area contributed by atoms with Crippen LogP contribution in [0.25, 0.3) is 0 Å². The molecule has 1 saturated carbocycles. The van der Waals surface area contributed by atoms with E-state index in [1.54, 1.807) is 24.3 Å². The third-order valence-electron chi connectivity index (χ3n) is 3.26. The number of carbonyl (C=O) groups excluding carboxylic acids is 1. The number of benzene rings is 1. The first-order valence-corrected chi connectivity index (χ1v) is 9.39. The minimum absolute atomic E-state index is 0. The van der Waals surface area contributed by atoms with E-state index in [0.717, 1.165) is 12.5 Å². The Bertz CT molecular complexity index is 618. The molecule has 130 valence electrons. The summed E-state index contributed by atoms with van der Waals surface area (Å²) in [7, 11) is -3.04. The van der Waals surface area contributed by atoms with Gasteiger partial charge in [-0.05, 0) is 37.4 Å². The molecule has 2 rings (SSSR count). The minimum Gasteiger partial charge on any atom is -0.492 e. The van der Waals surface area contributed by atoms with Gasteiger partial charge >= 0.3 is 0 Å². The van der Waals surface area contributed by atoms with E-state index in [2.05, 4.69) is 10.6 Å². The number of carbonyl (C=O) groups is 1. The van der Waals surface area contributed by atoms with E-state index >= 15 is 0 Å². The van der Waals surface area contributed by atoms with E-state index in [1.807, 2.05) is 0 Å². The molecular formula is C15H23ClN2O4S. The second-order valence-corrected chi connectivity index (χ2v) is 7.89. The van der Waals surface area contributed by atoms with E-state index in [4.69, 9.17) is 4.74 Å². The van der Waals surface area contributed by atoms with Crippen LogP contribution >= 0.6 is 12.4 Å². The fraction of sp³-hybridized carbons (Fsp3) is 0.533. The maximum Gasteiger partial charge on any atom is 0.238 e. The van der Waals surface area contributed by atoms with Gasteiger partial charge in [0.15, 0.2) is 9.84 Å². The lowest BCUT2D eigenvalue weighted by Crippen LogP contribution is -2.29. The van der Waals surface area contributed by atoms with Gasteiger partial charge in [0.2, 0.25) is 5.91 Å². The van der Waals surface area contributed by atoms with Crippen LogP contribution < -0.4 is 15.4 Å². The lowest BCUT2D eigenvalue weighted by Gasteiger charge is -2.09. The standard InChI is InChI=1S/C15H22N2O4S.ClH/c1-22(19,20)8-7-21-14-4-2-3-13(9-14)17-15(18)11-16-10-12-5-6-12;/h2-4,9,12,16H,5-8,10-11H2,1H3,(H,17,18);1H. The normalized spacial score (nSPS) is 14.0. The number of sulfone groups is 1. The number of ether oxygens (including phenoxy) is 1. The van der Waals surface area contributed by atoms with Crippen molar-refractivity contribution in [2.75, 3.05) is 37.0 Å². The second kappa shape index (κ2) is 9.10. The predicted octanol–water partition coefficient (Wildman–Crippen LogP) is 1.47. The summed E-state index contributed by atoms with van der Waals surface area (Å²) in [5.74, 6) is 1.13. The van der Waals surface area contributed by atoms with Crippen molar-refractivity contribution in [3.05, 3.63) is 24.3 Å². The molecule has 8 heteroatoms. The van der Waals surface area contributed by atoms with Crippen LogP contribution in [-0.4, -0.2) is 46.0 Å². The summed E-state index contributed by atoms with van der Waals surface area (Å²) < 4.78 is 27.5. The minimum atomic E-state index is -3.04. The molecular weight excluding hydrogens is 340 g/mol. The highest BCUT2D eigenvalue weighted by atomic mass is 35.5. The first kappa shape index (κ1) is 19.7. The Balaban J connectivity index is 0.00000264. The number of amides is 1. The summed E-state index contributed by atoms with van der Waals surface area (Å²) in [6, 6.07) is 6.93. The molecule has 0 atom stereocenters. The van der Waals surface area contributed by atoms with Crippen molar-refractivity contribution >= 4 is 33.8 Å². The molecule has 0 bridgehead atoms. The van der Waals surface area contributed by atoms with Crippen LogP contribution in [0.2, 0.25) is 0 Å². The number of nitrogens with one attached hydrogen (secondary N) is 2. The van der Waals surface area contributed by atoms with Crippen LogP contribution in [0.4, 0.5) is 5.69 Å². The first-order valence-electron chi connectivity index (χ1n) is 7.33. The molecule has 0 aromatic heterocycles. The van der Waals surface area contributed by atoms with Crippen LogP contribution in [0.15, 0.2) is 24.3 Å². The molecule has 2 N–H and O–H groups in total. The van der Waals surface area contributed by atoms with Crippen molar-refractivity contribution in [3.8, 4) is 5.75 Å². The van der Waals surface area contributed by atoms with Crippen LogP contribution in [0.5, 0.6) is 5.75 Å². The van der Waals surface area contributed by atoms with Crippen molar-refractivity contribution in [3.63, 3.8) is 0 Å². The molecule has 0 spiro atoms. The van der Waals surface area contributed by atoms with Gasteiger partial charge in [-0.25, -0.2) is 8.42 Å². The third-order valence-corrected chi connectivity index (χ3v) is 4.16. The van der Waals surface area contributed by atoms with E-state index in [-0.39, 0.29) is 37.2 Å². The van der Waals surface area contributed by atoms with Crippen LogP contribution in [0.1, 0.15) is 12.8 Å². The van der Waals surface area contributed by atoms with Crippen LogP contribution in [-0.2, 0) is 14.6 Å². The van der Waals surface area contributed by atoms with Crippen molar-refractivity contribution < 1.29 is 17.9 Å². The molecule has 0 heterocycles. The molecule has 1 aliphatic carbocycles. The summed E-state index contributed by atoms with van der Waals surface area (Å²) >= 11 is 0. The topological polar surface area (TPSA) is 84.5 Å². The fourth-order valence-electron chi connectivity index (χ4n) is 1.89. The lowest BCUT2D eigenvalue weighted by molar-refractivity contribution is -0.115. The molecule has 0 radical (unpaired) electrons. The largest absolute Gasteiger partial charge is 0.492 e. The maximum absolute atomic E-state index is 11.8. The Hall–Kier alpha value is -1.31. The molecule has 1 aliphatic rings. The third kappa shape index (κ3) is 8.78. The van der Waals surface area contributed by atoms with Crippen molar-refractivity contribution in [1.29, 1.82) is 0 Å². The van der Waals surface area contributed by atoms with Gasteiger partial charge in [-0.1, -0.05) is 6.07 Å². The average Bonchev–Trinajstić information content (AvgIpc) is 3.22. The van der Waals surface area contributed by atoms with Gasteiger partial charge in [0.05, 0.1) is 12.3 Å². The summed E-state index contributed by atoms with van der Waals surface area (Å²) in [6.07, 6.45) is 3.67. The van der Waals surface area contributed by atoms with E-state index in [0.29, 0.717) is 11.4 Å². The number of anilines is 1. The van der Waals surface area contributed by atoms with Gasteiger partial charge in [0, 0.05) is 18.0 Å². The van der Waals surface area contributed by atoms with Crippen molar-refractivity contribution in [2.45, 2.75) is 12.8 Å². The Morgan fingerprint density at radius 3 is 2.74 bits per heavy atom. The summed E-state index contributed by atoms with van der Waals surface area (Å²) in [5, 5.41) is 5.91. The Morgan fingerprint density at radius 1 is 1.35 bits per heavy atom. The lowest BCUT2D eigenvalue weighted by atomic mass is 10.3. The zero-order chi connectivity index (χ0) is 16.0. The zero-order valence-corrected chi connectivity index (χ0v) is 14.7. The number of rotatable bonds is 9. The molecule has 1 aromatic rings. The molecule has 6 nitrogen and oxygen atoms in total. The van der Waals surface area contributed by atoms with Gasteiger partial charge < -0.3 is 15.4 Å². The number of hydrogen-bond donors (Lipinski definition) is 2.